The number of carbonyl (C=O) groups is 1. The Kier molecular flexibility index (Phi) is 3.05. The van der Waals surface area contributed by atoms with Crippen molar-refractivity contribution >= 4 is 11.6 Å². The Morgan fingerprint density at radius 2 is 1.71 bits per heavy atom. The highest BCUT2D eigenvalue weighted by Crippen LogP contribution is 2.17. The summed E-state index contributed by atoms with van der Waals surface area (Å²) in [4.78, 5) is 11.8. The summed E-state index contributed by atoms with van der Waals surface area (Å²) in [6.45, 7) is 0. The first kappa shape index (κ1) is 11.1. The molecule has 2 aromatic rings. The van der Waals surface area contributed by atoms with Gasteiger partial charge in [0.15, 0.2) is 0 Å². The molecule has 0 bridgehead atoms. The zero-order valence-electron chi connectivity index (χ0n) is 8.85. The third-order valence-corrected chi connectivity index (χ3v) is 2.25. The Hall–Kier alpha value is -2.36. The number of anilines is 1. The summed E-state index contributed by atoms with van der Waals surface area (Å²) >= 11 is 0. The van der Waals surface area contributed by atoms with Crippen LogP contribution in [0.4, 0.5) is 10.1 Å². The van der Waals surface area contributed by atoms with E-state index >= 15 is 0 Å². The molecule has 0 saturated heterocycles. The van der Waals surface area contributed by atoms with Gasteiger partial charge in [-0.3, -0.25) is 4.79 Å². The Morgan fingerprint density at radius 1 is 1.06 bits per heavy atom. The van der Waals surface area contributed by atoms with Crippen molar-refractivity contribution in [3.05, 3.63) is 59.9 Å². The number of phenols is 1. The van der Waals surface area contributed by atoms with Crippen LogP contribution in [-0.2, 0) is 0 Å². The first-order valence-corrected chi connectivity index (χ1v) is 5.02. The predicted octanol–water partition coefficient (Wildman–Crippen LogP) is 2.78. The van der Waals surface area contributed by atoms with E-state index in [2.05, 4.69) is 5.32 Å². The molecular weight excluding hydrogens is 221 g/mol. The quantitative estimate of drug-likeness (QED) is 0.834. The number of nitrogens with one attached hydrogen (secondary N) is 1. The fourth-order valence-electron chi connectivity index (χ4n) is 1.40. The van der Waals surface area contributed by atoms with Gasteiger partial charge in [0.1, 0.15) is 11.6 Å². The smallest absolute Gasteiger partial charge is 0.259 e. The lowest BCUT2D eigenvalue weighted by Crippen LogP contribution is -2.11. The van der Waals surface area contributed by atoms with Gasteiger partial charge in [-0.25, -0.2) is 4.39 Å². The highest BCUT2D eigenvalue weighted by Gasteiger charge is 2.09. The number of hydrogen-bond acceptors (Lipinski definition) is 2. The van der Waals surface area contributed by atoms with Crippen molar-refractivity contribution in [2.45, 2.75) is 0 Å². The lowest BCUT2D eigenvalue weighted by atomic mass is 10.2. The third kappa shape index (κ3) is 2.60. The summed E-state index contributed by atoms with van der Waals surface area (Å²) in [5.74, 6) is -0.896. The number of benzene rings is 2. The molecule has 1 amide bonds. The Morgan fingerprint density at radius 3 is 2.35 bits per heavy atom. The summed E-state index contributed by atoms with van der Waals surface area (Å²) in [7, 11) is 0. The molecule has 0 fully saturated rings. The summed E-state index contributed by atoms with van der Waals surface area (Å²) < 4.78 is 12.7. The van der Waals surface area contributed by atoms with Crippen LogP contribution in [0.25, 0.3) is 0 Å². The molecule has 2 rings (SSSR count). The summed E-state index contributed by atoms with van der Waals surface area (Å²) in [5, 5.41) is 12.0. The van der Waals surface area contributed by atoms with Crippen molar-refractivity contribution in [3.8, 4) is 5.75 Å². The van der Waals surface area contributed by atoms with Gasteiger partial charge in [-0.1, -0.05) is 12.1 Å². The van der Waals surface area contributed by atoms with Gasteiger partial charge in [0, 0.05) is 5.69 Å². The summed E-state index contributed by atoms with van der Waals surface area (Å²) in [5.41, 5.74) is 0.650. The van der Waals surface area contributed by atoms with E-state index in [1.165, 1.54) is 36.4 Å². The number of halogens is 1. The number of aromatic hydroxyl groups is 1. The highest BCUT2D eigenvalue weighted by molar-refractivity contribution is 6.06. The molecular formula is C13H10FNO2. The molecule has 17 heavy (non-hydrogen) atoms. The maximum atomic E-state index is 12.7. The minimum absolute atomic E-state index is 0.0906. The van der Waals surface area contributed by atoms with E-state index in [9.17, 15) is 14.3 Å². The Bertz CT molecular complexity index is 537. The molecule has 0 aromatic heterocycles. The van der Waals surface area contributed by atoms with Crippen molar-refractivity contribution in [3.63, 3.8) is 0 Å². The fraction of sp³-hybridized carbons (Fsp3) is 0. The minimum atomic E-state index is -0.435. The van der Waals surface area contributed by atoms with Gasteiger partial charge in [0.25, 0.3) is 5.91 Å². The maximum Gasteiger partial charge on any atom is 0.259 e. The third-order valence-electron chi connectivity index (χ3n) is 2.25. The van der Waals surface area contributed by atoms with Crippen LogP contribution in [0.5, 0.6) is 5.75 Å². The van der Waals surface area contributed by atoms with Crippen LogP contribution in [0.15, 0.2) is 48.5 Å². The van der Waals surface area contributed by atoms with E-state index in [-0.39, 0.29) is 17.1 Å². The molecule has 0 unspecified atom stereocenters. The average molecular weight is 231 g/mol. The largest absolute Gasteiger partial charge is 0.507 e. The zero-order valence-corrected chi connectivity index (χ0v) is 8.85. The molecule has 86 valence electrons. The van der Waals surface area contributed by atoms with Crippen molar-refractivity contribution < 1.29 is 14.3 Å². The van der Waals surface area contributed by atoms with Crippen LogP contribution in [0.1, 0.15) is 10.4 Å². The van der Waals surface area contributed by atoms with E-state index in [0.717, 1.165) is 0 Å². The number of amides is 1. The van der Waals surface area contributed by atoms with Crippen LogP contribution in [0.3, 0.4) is 0 Å². The van der Waals surface area contributed by atoms with Crippen LogP contribution in [0, 0.1) is 5.82 Å². The molecule has 0 aliphatic heterocycles. The Balaban J connectivity index is 2.17. The van der Waals surface area contributed by atoms with Crippen LogP contribution in [0.2, 0.25) is 0 Å². The molecule has 0 radical (unpaired) electrons. The molecule has 2 N–H and O–H groups in total. The van der Waals surface area contributed by atoms with Gasteiger partial charge in [-0.15, -0.1) is 0 Å². The maximum absolute atomic E-state index is 12.7. The van der Waals surface area contributed by atoms with Gasteiger partial charge in [0.2, 0.25) is 0 Å². The lowest BCUT2D eigenvalue weighted by Gasteiger charge is -2.06. The van der Waals surface area contributed by atoms with E-state index in [1.54, 1.807) is 12.1 Å². The van der Waals surface area contributed by atoms with E-state index in [0.29, 0.717) is 5.69 Å². The van der Waals surface area contributed by atoms with Gasteiger partial charge in [-0.2, -0.15) is 0 Å². The molecule has 0 saturated carbocycles. The molecule has 0 atom stereocenters. The normalized spacial score (nSPS) is 9.94. The summed E-state index contributed by atoms with van der Waals surface area (Å²) in [6.07, 6.45) is 0. The van der Waals surface area contributed by atoms with Gasteiger partial charge < -0.3 is 10.4 Å². The second-order valence-electron chi connectivity index (χ2n) is 3.48. The minimum Gasteiger partial charge on any atom is -0.507 e. The molecule has 3 nitrogen and oxygen atoms in total. The second kappa shape index (κ2) is 4.65. The van der Waals surface area contributed by atoms with Gasteiger partial charge in [-0.05, 0) is 36.4 Å². The van der Waals surface area contributed by atoms with Crippen LogP contribution < -0.4 is 5.32 Å². The number of rotatable bonds is 2. The molecule has 4 heteroatoms. The average Bonchev–Trinajstić information content (AvgIpc) is 2.32. The first-order valence-electron chi connectivity index (χ1n) is 5.02. The second-order valence-corrected chi connectivity index (χ2v) is 3.48. The number of para-hydroxylation sites is 1. The van der Waals surface area contributed by atoms with Gasteiger partial charge in [0.05, 0.1) is 5.56 Å². The number of phenolic OH excluding ortho intramolecular Hbond substituents is 1. The van der Waals surface area contributed by atoms with Crippen molar-refractivity contribution in [2.75, 3.05) is 5.32 Å². The Labute approximate surface area is 97.5 Å². The predicted molar refractivity (Wildman–Crippen MR) is 62.5 cm³/mol. The van der Waals surface area contributed by atoms with E-state index in [1.807, 2.05) is 0 Å². The zero-order chi connectivity index (χ0) is 12.3. The SMILES string of the molecule is O=C(Nc1ccc(F)cc1)c1ccccc1O. The molecule has 0 aliphatic carbocycles. The topological polar surface area (TPSA) is 49.3 Å². The van der Waals surface area contributed by atoms with E-state index in [4.69, 9.17) is 0 Å². The molecule has 0 aliphatic rings. The van der Waals surface area contributed by atoms with Crippen molar-refractivity contribution in [1.29, 1.82) is 0 Å². The fourth-order valence-corrected chi connectivity index (χ4v) is 1.40. The molecule has 2 aromatic carbocycles. The highest BCUT2D eigenvalue weighted by atomic mass is 19.1. The van der Waals surface area contributed by atoms with Crippen LogP contribution in [-0.4, -0.2) is 11.0 Å². The van der Waals surface area contributed by atoms with Crippen molar-refractivity contribution in [1.82, 2.24) is 0 Å². The molecule has 0 heterocycles. The van der Waals surface area contributed by atoms with Gasteiger partial charge >= 0.3 is 0 Å². The first-order chi connectivity index (χ1) is 8.16. The summed E-state index contributed by atoms with van der Waals surface area (Å²) in [6, 6.07) is 11.6. The standard InChI is InChI=1S/C13H10FNO2/c14-9-5-7-10(8-6-9)15-13(17)11-3-1-2-4-12(11)16/h1-8,16H,(H,15,17). The van der Waals surface area contributed by atoms with Crippen LogP contribution >= 0.6 is 0 Å². The van der Waals surface area contributed by atoms with E-state index < -0.39 is 5.91 Å². The monoisotopic (exact) mass is 231 g/mol. The number of carbonyl (C=O) groups excluding carboxylic acids is 1. The molecule has 0 spiro atoms. The number of hydrogen-bond donors (Lipinski definition) is 2. The lowest BCUT2D eigenvalue weighted by molar-refractivity contribution is 0.102. The van der Waals surface area contributed by atoms with Crippen molar-refractivity contribution in [2.24, 2.45) is 0 Å².